The number of aromatic nitrogens is 1. The first kappa shape index (κ1) is 13.3. The Kier molecular flexibility index (Phi) is 3.88. The van der Waals surface area contributed by atoms with Crippen molar-refractivity contribution in [1.29, 1.82) is 0 Å². The third-order valence-corrected chi connectivity index (χ3v) is 3.02. The van der Waals surface area contributed by atoms with Crippen molar-refractivity contribution in [2.24, 2.45) is 0 Å². The summed E-state index contributed by atoms with van der Waals surface area (Å²) < 4.78 is 5.59. The standard InChI is InChI=1S/C14H22N2O2/c1-10(2)18-13-6-11(7-15-8-13)14(3,17)9-16-12-4-5-12/h6-8,10,12,16-17H,4-5,9H2,1-3H3. The Labute approximate surface area is 108 Å². The van der Waals surface area contributed by atoms with Gasteiger partial charge in [0.1, 0.15) is 11.4 Å². The van der Waals surface area contributed by atoms with Gasteiger partial charge in [0.2, 0.25) is 0 Å². The van der Waals surface area contributed by atoms with Crippen LogP contribution in [-0.4, -0.2) is 28.8 Å². The summed E-state index contributed by atoms with van der Waals surface area (Å²) in [6, 6.07) is 2.45. The van der Waals surface area contributed by atoms with Crippen molar-refractivity contribution in [3.63, 3.8) is 0 Å². The van der Waals surface area contributed by atoms with E-state index in [-0.39, 0.29) is 6.10 Å². The minimum absolute atomic E-state index is 0.108. The smallest absolute Gasteiger partial charge is 0.138 e. The molecule has 0 spiro atoms. The lowest BCUT2D eigenvalue weighted by atomic mass is 9.97. The molecular formula is C14H22N2O2. The summed E-state index contributed by atoms with van der Waals surface area (Å²) in [5.74, 6) is 0.703. The van der Waals surface area contributed by atoms with Crippen molar-refractivity contribution in [2.45, 2.75) is 51.4 Å². The van der Waals surface area contributed by atoms with Crippen molar-refractivity contribution in [2.75, 3.05) is 6.54 Å². The molecule has 2 N–H and O–H groups in total. The van der Waals surface area contributed by atoms with Crippen LogP contribution >= 0.6 is 0 Å². The van der Waals surface area contributed by atoms with Gasteiger partial charge in [0.25, 0.3) is 0 Å². The van der Waals surface area contributed by atoms with E-state index in [0.29, 0.717) is 18.3 Å². The summed E-state index contributed by atoms with van der Waals surface area (Å²) in [4.78, 5) is 4.13. The average Bonchev–Trinajstić information content (AvgIpc) is 3.10. The zero-order chi connectivity index (χ0) is 13.2. The number of hydrogen-bond acceptors (Lipinski definition) is 4. The highest BCUT2D eigenvalue weighted by Crippen LogP contribution is 2.25. The third-order valence-electron chi connectivity index (χ3n) is 3.02. The molecule has 1 aliphatic rings. The summed E-state index contributed by atoms with van der Waals surface area (Å²) in [5, 5.41) is 13.8. The molecule has 1 atom stereocenters. The molecule has 4 heteroatoms. The third kappa shape index (κ3) is 3.68. The molecule has 1 unspecified atom stereocenters. The number of rotatable bonds is 6. The van der Waals surface area contributed by atoms with Gasteiger partial charge in [-0.1, -0.05) is 0 Å². The van der Waals surface area contributed by atoms with Gasteiger partial charge in [0, 0.05) is 24.3 Å². The van der Waals surface area contributed by atoms with Gasteiger partial charge in [-0.05, 0) is 39.7 Å². The van der Waals surface area contributed by atoms with E-state index in [4.69, 9.17) is 4.74 Å². The number of aliphatic hydroxyl groups is 1. The van der Waals surface area contributed by atoms with Crippen LogP contribution in [0.3, 0.4) is 0 Å². The Morgan fingerprint density at radius 1 is 1.50 bits per heavy atom. The highest BCUT2D eigenvalue weighted by molar-refractivity contribution is 5.28. The van der Waals surface area contributed by atoms with Crippen LogP contribution in [0.2, 0.25) is 0 Å². The lowest BCUT2D eigenvalue weighted by Gasteiger charge is -2.24. The van der Waals surface area contributed by atoms with Crippen LogP contribution in [0, 0.1) is 0 Å². The molecule has 0 bridgehead atoms. The second-order valence-electron chi connectivity index (χ2n) is 5.50. The summed E-state index contributed by atoms with van der Waals surface area (Å²) in [6.45, 7) is 6.29. The average molecular weight is 250 g/mol. The van der Waals surface area contributed by atoms with Gasteiger partial charge >= 0.3 is 0 Å². The van der Waals surface area contributed by atoms with Gasteiger partial charge < -0.3 is 15.2 Å². The van der Waals surface area contributed by atoms with E-state index in [1.165, 1.54) is 12.8 Å². The summed E-state index contributed by atoms with van der Waals surface area (Å²) >= 11 is 0. The second kappa shape index (κ2) is 5.24. The van der Waals surface area contributed by atoms with Crippen molar-refractivity contribution in [3.05, 3.63) is 24.0 Å². The van der Waals surface area contributed by atoms with Crippen LogP contribution < -0.4 is 10.1 Å². The molecule has 0 aliphatic heterocycles. The van der Waals surface area contributed by atoms with Gasteiger partial charge in [-0.25, -0.2) is 0 Å². The Morgan fingerprint density at radius 3 is 2.83 bits per heavy atom. The fraction of sp³-hybridized carbons (Fsp3) is 0.643. The molecule has 0 aromatic carbocycles. The van der Waals surface area contributed by atoms with E-state index < -0.39 is 5.60 Å². The molecule has 4 nitrogen and oxygen atoms in total. The van der Waals surface area contributed by atoms with Crippen LogP contribution in [0.5, 0.6) is 5.75 Å². The van der Waals surface area contributed by atoms with E-state index in [9.17, 15) is 5.11 Å². The highest BCUT2D eigenvalue weighted by atomic mass is 16.5. The monoisotopic (exact) mass is 250 g/mol. The van der Waals surface area contributed by atoms with Crippen molar-refractivity contribution >= 4 is 0 Å². The van der Waals surface area contributed by atoms with Crippen LogP contribution in [0.1, 0.15) is 39.2 Å². The number of pyridine rings is 1. The number of ether oxygens (including phenoxy) is 1. The highest BCUT2D eigenvalue weighted by Gasteiger charge is 2.28. The molecule has 1 aromatic heterocycles. The first-order valence-electron chi connectivity index (χ1n) is 6.55. The Balaban J connectivity index is 2.04. The van der Waals surface area contributed by atoms with Crippen LogP contribution in [-0.2, 0) is 5.60 Å². The summed E-state index contributed by atoms with van der Waals surface area (Å²) in [5.41, 5.74) is -0.125. The number of hydrogen-bond donors (Lipinski definition) is 2. The maximum atomic E-state index is 10.5. The normalized spacial score (nSPS) is 18.7. The maximum absolute atomic E-state index is 10.5. The molecule has 18 heavy (non-hydrogen) atoms. The Bertz CT molecular complexity index is 401. The van der Waals surface area contributed by atoms with Gasteiger partial charge in [0.15, 0.2) is 0 Å². The molecule has 1 fully saturated rings. The van der Waals surface area contributed by atoms with E-state index in [2.05, 4.69) is 10.3 Å². The zero-order valence-corrected chi connectivity index (χ0v) is 11.3. The molecule has 0 radical (unpaired) electrons. The Morgan fingerprint density at radius 2 is 2.22 bits per heavy atom. The van der Waals surface area contributed by atoms with Gasteiger partial charge in [0.05, 0.1) is 12.3 Å². The van der Waals surface area contributed by atoms with Gasteiger partial charge in [-0.3, -0.25) is 4.98 Å². The van der Waals surface area contributed by atoms with Gasteiger partial charge in [-0.15, -0.1) is 0 Å². The molecule has 2 rings (SSSR count). The van der Waals surface area contributed by atoms with Crippen molar-refractivity contribution < 1.29 is 9.84 Å². The number of nitrogens with zero attached hydrogens (tertiary/aromatic N) is 1. The quantitative estimate of drug-likeness (QED) is 0.808. The van der Waals surface area contributed by atoms with E-state index >= 15 is 0 Å². The molecule has 1 aromatic rings. The molecule has 0 amide bonds. The van der Waals surface area contributed by atoms with E-state index in [1.54, 1.807) is 19.3 Å². The van der Waals surface area contributed by atoms with E-state index in [0.717, 1.165) is 5.56 Å². The zero-order valence-electron chi connectivity index (χ0n) is 11.3. The SMILES string of the molecule is CC(C)Oc1cncc(C(C)(O)CNC2CC2)c1. The van der Waals surface area contributed by atoms with Gasteiger partial charge in [-0.2, -0.15) is 0 Å². The molecular weight excluding hydrogens is 228 g/mol. The lowest BCUT2D eigenvalue weighted by Crippen LogP contribution is -2.36. The van der Waals surface area contributed by atoms with Crippen molar-refractivity contribution in [1.82, 2.24) is 10.3 Å². The molecule has 1 saturated carbocycles. The minimum atomic E-state index is -0.911. The lowest BCUT2D eigenvalue weighted by molar-refractivity contribution is 0.0558. The first-order chi connectivity index (χ1) is 8.47. The molecule has 1 aliphatic carbocycles. The maximum Gasteiger partial charge on any atom is 0.138 e. The molecule has 0 saturated heterocycles. The van der Waals surface area contributed by atoms with Crippen LogP contribution in [0.15, 0.2) is 18.5 Å². The second-order valence-corrected chi connectivity index (χ2v) is 5.50. The summed E-state index contributed by atoms with van der Waals surface area (Å²) in [7, 11) is 0. The topological polar surface area (TPSA) is 54.4 Å². The minimum Gasteiger partial charge on any atom is -0.489 e. The largest absolute Gasteiger partial charge is 0.489 e. The van der Waals surface area contributed by atoms with E-state index in [1.807, 2.05) is 19.9 Å². The summed E-state index contributed by atoms with van der Waals surface area (Å²) in [6.07, 6.45) is 5.90. The molecule has 100 valence electrons. The fourth-order valence-electron chi connectivity index (χ4n) is 1.78. The van der Waals surface area contributed by atoms with Crippen LogP contribution in [0.4, 0.5) is 0 Å². The Hall–Kier alpha value is -1.13. The molecule has 1 heterocycles. The first-order valence-corrected chi connectivity index (χ1v) is 6.55. The van der Waals surface area contributed by atoms with Crippen molar-refractivity contribution in [3.8, 4) is 5.75 Å². The predicted octanol–water partition coefficient (Wildman–Crippen LogP) is 1.83. The van der Waals surface area contributed by atoms with Crippen LogP contribution in [0.25, 0.3) is 0 Å². The predicted molar refractivity (Wildman–Crippen MR) is 70.6 cm³/mol. The number of nitrogens with one attached hydrogen (secondary N) is 1. The fourth-order valence-corrected chi connectivity index (χ4v) is 1.78.